The lowest BCUT2D eigenvalue weighted by atomic mass is 9.91. The van der Waals surface area contributed by atoms with Gasteiger partial charge in [0.1, 0.15) is 5.75 Å². The van der Waals surface area contributed by atoms with E-state index in [4.69, 9.17) is 9.47 Å². The zero-order chi connectivity index (χ0) is 32.8. The first kappa shape index (κ1) is 35.2. The fraction of sp³-hybridized carbons (Fsp3) is 0.590. The predicted molar refractivity (Wildman–Crippen MR) is 195 cm³/mol. The molecule has 2 aromatic carbocycles. The number of thiophene rings is 1. The van der Waals surface area contributed by atoms with Crippen molar-refractivity contribution in [3.63, 3.8) is 0 Å². The van der Waals surface area contributed by atoms with Crippen LogP contribution in [-0.4, -0.2) is 62.8 Å². The van der Waals surface area contributed by atoms with Gasteiger partial charge in [-0.25, -0.2) is 0 Å². The fourth-order valence-electron chi connectivity index (χ4n) is 6.90. The number of esters is 1. The Balaban J connectivity index is 0.999. The van der Waals surface area contributed by atoms with E-state index in [1.165, 1.54) is 60.7 Å². The number of benzene rings is 2. The fourth-order valence-corrected chi connectivity index (χ4v) is 7.71. The van der Waals surface area contributed by atoms with Crippen LogP contribution in [0.15, 0.2) is 47.8 Å². The summed E-state index contributed by atoms with van der Waals surface area (Å²) in [6, 6.07) is 14.9. The van der Waals surface area contributed by atoms with Gasteiger partial charge in [-0.15, -0.1) is 11.3 Å². The van der Waals surface area contributed by atoms with E-state index in [2.05, 4.69) is 59.4 Å². The Morgan fingerprint density at radius 2 is 1.64 bits per heavy atom. The van der Waals surface area contributed by atoms with E-state index in [9.17, 15) is 9.59 Å². The number of unbranched alkanes of at least 4 members (excludes halogenated alkanes) is 9. The van der Waals surface area contributed by atoms with Crippen LogP contribution in [0.5, 0.6) is 5.75 Å². The van der Waals surface area contributed by atoms with Crippen molar-refractivity contribution in [2.75, 3.05) is 55.9 Å². The summed E-state index contributed by atoms with van der Waals surface area (Å²) < 4.78 is 13.1. The van der Waals surface area contributed by atoms with Crippen molar-refractivity contribution in [2.24, 2.45) is 0 Å². The molecule has 1 unspecified atom stereocenters. The number of hydrogen-bond acceptors (Lipinski definition) is 7. The maximum absolute atomic E-state index is 13.0. The van der Waals surface area contributed by atoms with E-state index >= 15 is 0 Å². The van der Waals surface area contributed by atoms with Crippen LogP contribution in [0.1, 0.15) is 109 Å². The predicted octanol–water partition coefficient (Wildman–Crippen LogP) is 9.14. The molecule has 0 bridgehead atoms. The van der Waals surface area contributed by atoms with Crippen molar-refractivity contribution < 1.29 is 19.1 Å². The average molecular weight is 662 g/mol. The highest BCUT2D eigenvalue weighted by molar-refractivity contribution is 7.17. The molecule has 1 atom stereocenters. The number of carbonyl (C=O) groups is 2. The molecule has 256 valence electrons. The Hall–Kier alpha value is -3.10. The lowest BCUT2D eigenvalue weighted by molar-refractivity contribution is -0.144. The molecule has 5 rings (SSSR count). The molecule has 1 aromatic heterocycles. The number of carbonyl (C=O) groups excluding carboxylic acids is 2. The maximum atomic E-state index is 13.0. The third-order valence-electron chi connectivity index (χ3n) is 9.77. The third kappa shape index (κ3) is 10.2. The van der Waals surface area contributed by atoms with E-state index < -0.39 is 0 Å². The molecule has 2 aliphatic rings. The molecule has 7 nitrogen and oxygen atoms in total. The maximum Gasteiger partial charge on any atom is 0.307 e. The molecule has 3 aromatic rings. The SMILES string of the molecule is CCCCCCCCCCCC(=O)OCN1C(=O)CC(C)c2ccc(OCCCCN3CCN(c4cccc5sccc45)CC3)cc21. The van der Waals surface area contributed by atoms with Crippen LogP contribution in [0.3, 0.4) is 0 Å². The largest absolute Gasteiger partial charge is 0.494 e. The number of fused-ring (bicyclic) bond motifs is 2. The zero-order valence-corrected chi connectivity index (χ0v) is 29.5. The summed E-state index contributed by atoms with van der Waals surface area (Å²) in [4.78, 5) is 32.2. The lowest BCUT2D eigenvalue weighted by Gasteiger charge is -2.36. The van der Waals surface area contributed by atoms with Crippen LogP contribution >= 0.6 is 11.3 Å². The molecule has 1 saturated heterocycles. The molecule has 8 heteroatoms. The van der Waals surface area contributed by atoms with Gasteiger partial charge in [0.05, 0.1) is 12.3 Å². The molecule has 0 radical (unpaired) electrons. The van der Waals surface area contributed by atoms with Crippen LogP contribution in [0.25, 0.3) is 10.1 Å². The van der Waals surface area contributed by atoms with Gasteiger partial charge >= 0.3 is 5.97 Å². The van der Waals surface area contributed by atoms with E-state index in [1.807, 2.05) is 23.5 Å². The summed E-state index contributed by atoms with van der Waals surface area (Å²) in [5.74, 6) is 0.645. The number of rotatable bonds is 19. The zero-order valence-electron chi connectivity index (χ0n) is 28.7. The number of ether oxygens (including phenoxy) is 2. The van der Waals surface area contributed by atoms with Crippen LogP contribution in [-0.2, 0) is 14.3 Å². The highest BCUT2D eigenvalue weighted by Crippen LogP contribution is 2.38. The average Bonchev–Trinajstić information content (AvgIpc) is 3.57. The molecule has 3 heterocycles. The minimum atomic E-state index is -0.227. The highest BCUT2D eigenvalue weighted by atomic mass is 32.1. The summed E-state index contributed by atoms with van der Waals surface area (Å²) in [7, 11) is 0. The van der Waals surface area contributed by atoms with Gasteiger partial charge in [0, 0.05) is 60.9 Å². The van der Waals surface area contributed by atoms with Crippen LogP contribution in [0.4, 0.5) is 11.4 Å². The van der Waals surface area contributed by atoms with Crippen molar-refractivity contribution in [1.82, 2.24) is 4.90 Å². The summed E-state index contributed by atoms with van der Waals surface area (Å²) in [5, 5.41) is 3.56. The molecule has 0 spiro atoms. The molecular weight excluding hydrogens is 607 g/mol. The third-order valence-corrected chi connectivity index (χ3v) is 10.6. The van der Waals surface area contributed by atoms with E-state index in [0.29, 0.717) is 19.4 Å². The Morgan fingerprint density at radius 3 is 2.43 bits per heavy atom. The Labute approximate surface area is 286 Å². The molecule has 1 fully saturated rings. The van der Waals surface area contributed by atoms with Crippen LogP contribution < -0.4 is 14.5 Å². The summed E-state index contributed by atoms with van der Waals surface area (Å²) in [6.07, 6.45) is 13.7. The second-order valence-electron chi connectivity index (χ2n) is 13.4. The van der Waals surface area contributed by atoms with Crippen LogP contribution in [0, 0.1) is 0 Å². The summed E-state index contributed by atoms with van der Waals surface area (Å²) >= 11 is 1.81. The highest BCUT2D eigenvalue weighted by Gasteiger charge is 2.30. The number of nitrogens with zero attached hydrogens (tertiary/aromatic N) is 3. The molecule has 47 heavy (non-hydrogen) atoms. The van der Waals surface area contributed by atoms with E-state index in [1.54, 1.807) is 4.90 Å². The van der Waals surface area contributed by atoms with Crippen molar-refractivity contribution in [3.05, 3.63) is 53.4 Å². The molecule has 0 aliphatic carbocycles. The molecule has 0 N–H and O–H groups in total. The van der Waals surface area contributed by atoms with Gasteiger partial charge in [0.25, 0.3) is 0 Å². The first-order chi connectivity index (χ1) is 23.0. The van der Waals surface area contributed by atoms with Crippen molar-refractivity contribution in [2.45, 2.75) is 103 Å². The van der Waals surface area contributed by atoms with E-state index in [-0.39, 0.29) is 24.5 Å². The lowest BCUT2D eigenvalue weighted by Crippen LogP contribution is -2.46. The summed E-state index contributed by atoms with van der Waals surface area (Å²) in [6.45, 7) is 10.3. The monoisotopic (exact) mass is 661 g/mol. The Bertz CT molecular complexity index is 1420. The Kier molecular flexibility index (Phi) is 13.8. The molecule has 1 amide bonds. The normalized spacial score (nSPS) is 16.9. The van der Waals surface area contributed by atoms with Gasteiger partial charge in [-0.2, -0.15) is 0 Å². The topological polar surface area (TPSA) is 62.3 Å². The molecule has 2 aliphatic heterocycles. The van der Waals surface area contributed by atoms with Crippen molar-refractivity contribution >= 4 is 44.7 Å². The molecule has 0 saturated carbocycles. The number of anilines is 2. The van der Waals surface area contributed by atoms with E-state index in [0.717, 1.165) is 75.4 Å². The minimum absolute atomic E-state index is 0.00914. The quantitative estimate of drug-likeness (QED) is 0.0943. The van der Waals surface area contributed by atoms with Gasteiger partial charge in [0.15, 0.2) is 6.73 Å². The first-order valence-electron chi connectivity index (χ1n) is 18.2. The number of piperazine rings is 1. The van der Waals surface area contributed by atoms with Crippen molar-refractivity contribution in [1.29, 1.82) is 0 Å². The Morgan fingerprint density at radius 1 is 0.872 bits per heavy atom. The van der Waals surface area contributed by atoms with Gasteiger partial charge in [0.2, 0.25) is 5.91 Å². The van der Waals surface area contributed by atoms with Crippen LogP contribution in [0.2, 0.25) is 0 Å². The molecular formula is C39H55N3O4S. The van der Waals surface area contributed by atoms with Gasteiger partial charge in [-0.3, -0.25) is 19.4 Å². The smallest absolute Gasteiger partial charge is 0.307 e. The van der Waals surface area contributed by atoms with Crippen molar-refractivity contribution in [3.8, 4) is 5.75 Å². The standard InChI is InChI=1S/C39H55N3O4S/c1-3-4-5-6-7-8-9-10-11-17-39(44)46-30-42-36-29-32(18-19-33(36)31(2)28-38(42)43)45-26-13-12-21-40-22-24-41(25-23-40)35-15-14-16-37-34(35)20-27-47-37/h14-16,18-20,27,29,31H,3-13,17,21-26,28,30H2,1-2H3. The minimum Gasteiger partial charge on any atom is -0.494 e. The van der Waals surface area contributed by atoms with Gasteiger partial charge in [-0.05, 0) is 66.9 Å². The van der Waals surface area contributed by atoms with Gasteiger partial charge < -0.3 is 14.4 Å². The summed E-state index contributed by atoms with van der Waals surface area (Å²) in [5.41, 5.74) is 3.27. The van der Waals surface area contributed by atoms with Gasteiger partial charge in [-0.1, -0.05) is 77.3 Å². The number of amides is 1. The second-order valence-corrected chi connectivity index (χ2v) is 14.3. The second kappa shape index (κ2) is 18.4. The first-order valence-corrected chi connectivity index (χ1v) is 19.1. The number of hydrogen-bond donors (Lipinski definition) is 0.